The minimum atomic E-state index is -0.231. The molecular weight excluding hydrogens is 336 g/mol. The van der Waals surface area contributed by atoms with Crippen LogP contribution in [0.15, 0.2) is 24.4 Å². The van der Waals surface area contributed by atoms with Crippen LogP contribution in [0.1, 0.15) is 5.56 Å². The Labute approximate surface area is 151 Å². The first-order valence-corrected chi connectivity index (χ1v) is 8.75. The van der Waals surface area contributed by atoms with Gasteiger partial charge in [0, 0.05) is 44.0 Å². The molecule has 0 bridgehead atoms. The van der Waals surface area contributed by atoms with Crippen molar-refractivity contribution in [3.05, 3.63) is 30.0 Å². The number of carbonyl (C=O) groups excluding carboxylic acids is 1. The molecule has 0 saturated carbocycles. The van der Waals surface area contributed by atoms with Crippen molar-refractivity contribution < 1.29 is 19.0 Å². The fourth-order valence-corrected chi connectivity index (χ4v) is 3.17. The van der Waals surface area contributed by atoms with Gasteiger partial charge < -0.3 is 24.4 Å². The zero-order chi connectivity index (χ0) is 17.9. The van der Waals surface area contributed by atoms with Crippen molar-refractivity contribution in [3.63, 3.8) is 0 Å². The molecule has 2 aromatic rings. The molecule has 3 heterocycles. The Morgan fingerprint density at radius 2 is 2.00 bits per heavy atom. The first-order valence-electron chi connectivity index (χ1n) is 8.75. The SMILES string of the molecule is Cn1cc(CNCCN2CCOC2=O)c(-c2ccc3c(c2)OCCO3)n1. The second kappa shape index (κ2) is 7.25. The normalized spacial score (nSPS) is 16.0. The Bertz CT molecular complexity index is 804. The van der Waals surface area contributed by atoms with Gasteiger partial charge in [-0.1, -0.05) is 0 Å². The van der Waals surface area contributed by atoms with Crippen LogP contribution in [-0.4, -0.2) is 60.2 Å². The van der Waals surface area contributed by atoms with Gasteiger partial charge in [-0.3, -0.25) is 4.68 Å². The Hall–Kier alpha value is -2.74. The first kappa shape index (κ1) is 16.7. The highest BCUT2D eigenvalue weighted by atomic mass is 16.6. The Kier molecular flexibility index (Phi) is 4.66. The van der Waals surface area contributed by atoms with Gasteiger partial charge in [-0.15, -0.1) is 0 Å². The van der Waals surface area contributed by atoms with Crippen LogP contribution in [-0.2, 0) is 18.3 Å². The molecule has 0 unspecified atom stereocenters. The summed E-state index contributed by atoms with van der Waals surface area (Å²) in [7, 11) is 1.91. The summed E-state index contributed by atoms with van der Waals surface area (Å²) in [5.74, 6) is 1.53. The van der Waals surface area contributed by atoms with Crippen molar-refractivity contribution in [3.8, 4) is 22.8 Å². The fourth-order valence-electron chi connectivity index (χ4n) is 3.17. The van der Waals surface area contributed by atoms with Gasteiger partial charge in [0.2, 0.25) is 0 Å². The van der Waals surface area contributed by atoms with Crippen molar-refractivity contribution >= 4 is 6.09 Å². The molecule has 138 valence electrons. The van der Waals surface area contributed by atoms with E-state index in [-0.39, 0.29) is 6.09 Å². The molecule has 0 aliphatic carbocycles. The highest BCUT2D eigenvalue weighted by Crippen LogP contribution is 2.35. The van der Waals surface area contributed by atoms with Gasteiger partial charge in [0.15, 0.2) is 11.5 Å². The zero-order valence-electron chi connectivity index (χ0n) is 14.7. The van der Waals surface area contributed by atoms with E-state index < -0.39 is 0 Å². The number of rotatable bonds is 6. The minimum Gasteiger partial charge on any atom is -0.486 e. The van der Waals surface area contributed by atoms with Crippen molar-refractivity contribution in [2.24, 2.45) is 7.05 Å². The van der Waals surface area contributed by atoms with Gasteiger partial charge in [-0.05, 0) is 18.2 Å². The average Bonchev–Trinajstić information content (AvgIpc) is 3.23. The quantitative estimate of drug-likeness (QED) is 0.787. The summed E-state index contributed by atoms with van der Waals surface area (Å²) in [5.41, 5.74) is 3.00. The maximum absolute atomic E-state index is 11.4. The number of benzene rings is 1. The lowest BCUT2D eigenvalue weighted by atomic mass is 10.1. The Morgan fingerprint density at radius 3 is 2.81 bits per heavy atom. The predicted molar refractivity (Wildman–Crippen MR) is 94.3 cm³/mol. The third kappa shape index (κ3) is 3.45. The summed E-state index contributed by atoms with van der Waals surface area (Å²) in [6.45, 7) is 4.29. The topological polar surface area (TPSA) is 77.9 Å². The first-order chi connectivity index (χ1) is 12.7. The molecule has 2 aliphatic heterocycles. The molecule has 4 rings (SSSR count). The molecule has 0 atom stereocenters. The largest absolute Gasteiger partial charge is 0.486 e. The van der Waals surface area contributed by atoms with Gasteiger partial charge in [-0.25, -0.2) is 4.79 Å². The number of cyclic esters (lactones) is 1. The van der Waals surface area contributed by atoms with Crippen LogP contribution in [0.2, 0.25) is 0 Å². The molecule has 0 radical (unpaired) electrons. The molecule has 1 amide bonds. The molecule has 1 saturated heterocycles. The second-order valence-electron chi connectivity index (χ2n) is 6.31. The summed E-state index contributed by atoms with van der Waals surface area (Å²) in [6.07, 6.45) is 1.77. The van der Waals surface area contributed by atoms with E-state index >= 15 is 0 Å². The minimum absolute atomic E-state index is 0.231. The molecule has 0 spiro atoms. The van der Waals surface area contributed by atoms with Crippen LogP contribution in [0.5, 0.6) is 11.5 Å². The molecule has 1 aromatic heterocycles. The summed E-state index contributed by atoms with van der Waals surface area (Å²) < 4.78 is 18.0. The van der Waals surface area contributed by atoms with E-state index in [0.29, 0.717) is 46.0 Å². The van der Waals surface area contributed by atoms with Gasteiger partial charge in [0.25, 0.3) is 0 Å². The number of fused-ring (bicyclic) bond motifs is 1. The summed E-state index contributed by atoms with van der Waals surface area (Å²) in [6, 6.07) is 5.90. The van der Waals surface area contributed by atoms with Gasteiger partial charge >= 0.3 is 6.09 Å². The monoisotopic (exact) mass is 358 g/mol. The van der Waals surface area contributed by atoms with Crippen LogP contribution < -0.4 is 14.8 Å². The van der Waals surface area contributed by atoms with Crippen molar-refractivity contribution in [2.75, 3.05) is 39.5 Å². The number of hydrogen-bond donors (Lipinski definition) is 1. The van der Waals surface area contributed by atoms with Crippen LogP contribution in [0.3, 0.4) is 0 Å². The van der Waals surface area contributed by atoms with Crippen molar-refractivity contribution in [1.82, 2.24) is 20.0 Å². The lowest BCUT2D eigenvalue weighted by molar-refractivity contribution is 0.158. The number of aryl methyl sites for hydroxylation is 1. The number of nitrogens with one attached hydrogen (secondary N) is 1. The molecular formula is C18H22N4O4. The van der Waals surface area contributed by atoms with Crippen LogP contribution in [0, 0.1) is 0 Å². The van der Waals surface area contributed by atoms with E-state index in [4.69, 9.17) is 14.2 Å². The maximum Gasteiger partial charge on any atom is 0.409 e. The van der Waals surface area contributed by atoms with Crippen LogP contribution >= 0.6 is 0 Å². The van der Waals surface area contributed by atoms with E-state index in [1.807, 2.05) is 31.4 Å². The number of hydrogen-bond acceptors (Lipinski definition) is 6. The van der Waals surface area contributed by atoms with Crippen LogP contribution in [0.4, 0.5) is 4.79 Å². The summed E-state index contributed by atoms with van der Waals surface area (Å²) in [5, 5.41) is 7.97. The maximum atomic E-state index is 11.4. The lowest BCUT2D eigenvalue weighted by Gasteiger charge is -2.18. The highest BCUT2D eigenvalue weighted by molar-refractivity contribution is 5.69. The predicted octanol–water partition coefficient (Wildman–Crippen LogP) is 1.40. The lowest BCUT2D eigenvalue weighted by Crippen LogP contribution is -2.32. The van der Waals surface area contributed by atoms with Crippen molar-refractivity contribution in [2.45, 2.75) is 6.54 Å². The third-order valence-corrected chi connectivity index (χ3v) is 4.44. The van der Waals surface area contributed by atoms with Gasteiger partial charge in [0.1, 0.15) is 19.8 Å². The second-order valence-corrected chi connectivity index (χ2v) is 6.31. The zero-order valence-corrected chi connectivity index (χ0v) is 14.7. The Balaban J connectivity index is 1.42. The molecule has 1 aromatic carbocycles. The average molecular weight is 358 g/mol. The number of amides is 1. The van der Waals surface area contributed by atoms with E-state index in [0.717, 1.165) is 28.3 Å². The third-order valence-electron chi connectivity index (χ3n) is 4.44. The van der Waals surface area contributed by atoms with Gasteiger partial charge in [0.05, 0.1) is 12.2 Å². The molecule has 8 heteroatoms. The van der Waals surface area contributed by atoms with E-state index in [2.05, 4.69) is 10.4 Å². The van der Waals surface area contributed by atoms with E-state index in [1.165, 1.54) is 0 Å². The molecule has 2 aliphatic rings. The van der Waals surface area contributed by atoms with Gasteiger partial charge in [-0.2, -0.15) is 5.10 Å². The highest BCUT2D eigenvalue weighted by Gasteiger charge is 2.21. The van der Waals surface area contributed by atoms with Crippen LogP contribution in [0.25, 0.3) is 11.3 Å². The number of aromatic nitrogens is 2. The molecule has 1 fully saturated rings. The fraction of sp³-hybridized carbons (Fsp3) is 0.444. The van der Waals surface area contributed by atoms with E-state index in [9.17, 15) is 4.79 Å². The molecule has 26 heavy (non-hydrogen) atoms. The Morgan fingerprint density at radius 1 is 1.15 bits per heavy atom. The number of ether oxygens (including phenoxy) is 3. The number of carbonyl (C=O) groups is 1. The smallest absolute Gasteiger partial charge is 0.409 e. The summed E-state index contributed by atoms with van der Waals surface area (Å²) in [4.78, 5) is 13.1. The number of nitrogens with zero attached hydrogens (tertiary/aromatic N) is 3. The van der Waals surface area contributed by atoms with E-state index in [1.54, 1.807) is 9.58 Å². The molecule has 8 nitrogen and oxygen atoms in total. The molecule has 1 N–H and O–H groups in total. The summed E-state index contributed by atoms with van der Waals surface area (Å²) >= 11 is 0. The van der Waals surface area contributed by atoms with Crippen molar-refractivity contribution in [1.29, 1.82) is 0 Å². The standard InChI is InChI=1S/C18H22N4O4/c1-21-12-14(11-19-4-5-22-6-7-26-18(22)23)17(20-21)13-2-3-15-16(10-13)25-9-8-24-15/h2-3,10,12,19H,4-9,11H2,1H3.